The van der Waals surface area contributed by atoms with Crippen LogP contribution in [-0.2, 0) is 4.79 Å². The number of anilines is 1. The summed E-state index contributed by atoms with van der Waals surface area (Å²) in [6, 6.07) is 8.83. The standard InChI is InChI=1S/C21H15Cl5F3N3O2/c1-32(30-5-4-20(27,28)29)19(34)14-9-13(2-3-15(14)24)31-18(33)17-16(21(17,25)26)10-6-11(22)8-12(23)7-10/h2-3,5-9,16-17H,4H2,1H3,(H,31,33)/t16-,17+/m0/s1. The Morgan fingerprint density at radius 3 is 2.32 bits per heavy atom. The van der Waals surface area contributed by atoms with Crippen molar-refractivity contribution in [2.75, 3.05) is 12.4 Å². The van der Waals surface area contributed by atoms with Crippen LogP contribution < -0.4 is 5.32 Å². The third-order valence-electron chi connectivity index (χ3n) is 4.92. The van der Waals surface area contributed by atoms with Gasteiger partial charge in [-0.25, -0.2) is 5.01 Å². The van der Waals surface area contributed by atoms with E-state index in [1.165, 1.54) is 31.3 Å². The second-order valence-corrected chi connectivity index (χ2v) is 10.2. The van der Waals surface area contributed by atoms with Gasteiger partial charge in [-0.15, -0.1) is 23.2 Å². The lowest BCUT2D eigenvalue weighted by molar-refractivity contribution is -0.120. The summed E-state index contributed by atoms with van der Waals surface area (Å²) in [5, 5.41) is 7.54. The first-order chi connectivity index (χ1) is 15.7. The maximum Gasteiger partial charge on any atom is 0.394 e. The third kappa shape index (κ3) is 6.29. The van der Waals surface area contributed by atoms with E-state index in [0.717, 1.165) is 0 Å². The van der Waals surface area contributed by atoms with Gasteiger partial charge in [-0.1, -0.05) is 34.8 Å². The summed E-state index contributed by atoms with van der Waals surface area (Å²) in [5.74, 6) is -2.71. The molecule has 2 aromatic rings. The van der Waals surface area contributed by atoms with Crippen molar-refractivity contribution in [1.82, 2.24) is 5.01 Å². The normalized spacial score (nSPS) is 19.2. The number of rotatable bonds is 6. The van der Waals surface area contributed by atoms with Crippen LogP contribution in [0.4, 0.5) is 18.9 Å². The molecule has 182 valence electrons. The van der Waals surface area contributed by atoms with E-state index in [4.69, 9.17) is 58.0 Å². The molecule has 1 N–H and O–H groups in total. The molecule has 0 aromatic heterocycles. The molecule has 13 heteroatoms. The summed E-state index contributed by atoms with van der Waals surface area (Å²) in [6.45, 7) is 0. The Morgan fingerprint density at radius 2 is 1.74 bits per heavy atom. The lowest BCUT2D eigenvalue weighted by Gasteiger charge is -2.14. The molecule has 0 aliphatic heterocycles. The highest BCUT2D eigenvalue weighted by molar-refractivity contribution is 6.53. The molecular weight excluding hydrogens is 561 g/mol. The van der Waals surface area contributed by atoms with E-state index in [-0.39, 0.29) is 16.3 Å². The van der Waals surface area contributed by atoms with E-state index < -0.39 is 40.6 Å². The number of carbonyl (C=O) groups excluding carboxylic acids is 2. The van der Waals surface area contributed by atoms with E-state index in [0.29, 0.717) is 26.8 Å². The van der Waals surface area contributed by atoms with E-state index in [2.05, 4.69) is 10.4 Å². The van der Waals surface area contributed by atoms with Gasteiger partial charge in [-0.3, -0.25) is 9.59 Å². The average molecular weight is 576 g/mol. The number of hydrazone groups is 1. The first-order valence-corrected chi connectivity index (χ1v) is 11.4. The number of amides is 2. The van der Waals surface area contributed by atoms with Crippen LogP contribution in [0.15, 0.2) is 41.5 Å². The zero-order chi connectivity index (χ0) is 25.4. The Morgan fingerprint density at radius 1 is 1.12 bits per heavy atom. The predicted octanol–water partition coefficient (Wildman–Crippen LogP) is 7.18. The van der Waals surface area contributed by atoms with Crippen molar-refractivity contribution < 1.29 is 22.8 Å². The molecule has 0 saturated heterocycles. The maximum absolute atomic E-state index is 12.9. The Balaban J connectivity index is 1.75. The van der Waals surface area contributed by atoms with Gasteiger partial charge in [-0.2, -0.15) is 18.3 Å². The lowest BCUT2D eigenvalue weighted by atomic mass is 10.1. The molecule has 0 spiro atoms. The van der Waals surface area contributed by atoms with Gasteiger partial charge in [0.25, 0.3) is 5.91 Å². The van der Waals surface area contributed by atoms with E-state index in [1.54, 1.807) is 12.1 Å². The molecule has 1 aliphatic carbocycles. The van der Waals surface area contributed by atoms with Crippen molar-refractivity contribution in [3.8, 4) is 0 Å². The van der Waals surface area contributed by atoms with Crippen molar-refractivity contribution in [1.29, 1.82) is 0 Å². The Bertz CT molecular complexity index is 1140. The van der Waals surface area contributed by atoms with Crippen LogP contribution in [0.1, 0.15) is 28.3 Å². The molecule has 1 saturated carbocycles. The minimum absolute atomic E-state index is 0.0165. The topological polar surface area (TPSA) is 61.8 Å². The lowest BCUT2D eigenvalue weighted by Crippen LogP contribution is -2.23. The Kier molecular flexibility index (Phi) is 7.99. The molecule has 2 aromatic carbocycles. The van der Waals surface area contributed by atoms with Crippen LogP contribution in [0.25, 0.3) is 0 Å². The third-order valence-corrected chi connectivity index (χ3v) is 6.62. The number of hydrogen-bond acceptors (Lipinski definition) is 3. The fourth-order valence-corrected chi connectivity index (χ4v) is 4.87. The summed E-state index contributed by atoms with van der Waals surface area (Å²) in [4.78, 5) is 25.5. The summed E-state index contributed by atoms with van der Waals surface area (Å²) in [7, 11) is 1.18. The molecule has 2 amide bonds. The second kappa shape index (κ2) is 10.1. The van der Waals surface area contributed by atoms with Crippen LogP contribution in [0.3, 0.4) is 0 Å². The van der Waals surface area contributed by atoms with Crippen molar-refractivity contribution >= 4 is 81.7 Å². The van der Waals surface area contributed by atoms with Crippen LogP contribution in [0, 0.1) is 5.92 Å². The fourth-order valence-electron chi connectivity index (χ4n) is 3.30. The van der Waals surface area contributed by atoms with E-state index in [9.17, 15) is 22.8 Å². The molecule has 1 fully saturated rings. The van der Waals surface area contributed by atoms with Crippen molar-refractivity contribution in [3.05, 3.63) is 62.6 Å². The SMILES string of the molecule is CN(N=CCC(F)(F)F)C(=O)c1cc(NC(=O)[C@H]2[C@H](c3cc(Cl)cc(Cl)c3)C2(Cl)Cl)ccc1Cl. The van der Waals surface area contributed by atoms with Crippen LogP contribution >= 0.6 is 58.0 Å². The first-order valence-electron chi connectivity index (χ1n) is 9.52. The van der Waals surface area contributed by atoms with Crippen LogP contribution in [-0.4, -0.2) is 40.6 Å². The molecule has 5 nitrogen and oxygen atoms in total. The summed E-state index contributed by atoms with van der Waals surface area (Å²) >= 11 is 30.8. The smallest absolute Gasteiger partial charge is 0.326 e. The second-order valence-electron chi connectivity index (χ2n) is 7.46. The maximum atomic E-state index is 12.9. The fraction of sp³-hybridized carbons (Fsp3) is 0.286. The number of nitrogens with zero attached hydrogens (tertiary/aromatic N) is 2. The molecule has 0 heterocycles. The average Bonchev–Trinajstić information content (AvgIpc) is 3.29. The number of halogens is 8. The van der Waals surface area contributed by atoms with Gasteiger partial charge in [0.2, 0.25) is 5.91 Å². The number of alkyl halides is 5. The zero-order valence-corrected chi connectivity index (χ0v) is 20.9. The number of nitrogens with one attached hydrogen (secondary N) is 1. The van der Waals surface area contributed by atoms with Gasteiger partial charge in [0.1, 0.15) is 4.33 Å². The molecule has 34 heavy (non-hydrogen) atoms. The van der Waals surface area contributed by atoms with Gasteiger partial charge >= 0.3 is 6.18 Å². The predicted molar refractivity (Wildman–Crippen MR) is 128 cm³/mol. The van der Waals surface area contributed by atoms with Crippen LogP contribution in [0.2, 0.25) is 15.1 Å². The Labute approximate surface area is 217 Å². The van der Waals surface area contributed by atoms with E-state index in [1.807, 2.05) is 0 Å². The van der Waals surface area contributed by atoms with Gasteiger partial charge < -0.3 is 5.32 Å². The van der Waals surface area contributed by atoms with Gasteiger partial charge in [-0.05, 0) is 42.0 Å². The zero-order valence-electron chi connectivity index (χ0n) is 17.1. The van der Waals surface area contributed by atoms with Gasteiger partial charge in [0.15, 0.2) is 0 Å². The largest absolute Gasteiger partial charge is 0.394 e. The monoisotopic (exact) mass is 573 g/mol. The minimum Gasteiger partial charge on any atom is -0.326 e. The van der Waals surface area contributed by atoms with E-state index >= 15 is 0 Å². The highest BCUT2D eigenvalue weighted by atomic mass is 35.5. The molecule has 1 aliphatic rings. The van der Waals surface area contributed by atoms with Crippen LogP contribution in [0.5, 0.6) is 0 Å². The molecule has 0 bridgehead atoms. The van der Waals surface area contributed by atoms with Gasteiger partial charge in [0, 0.05) is 34.9 Å². The number of carbonyl (C=O) groups is 2. The number of benzene rings is 2. The first kappa shape index (κ1) is 26.9. The molecular formula is C21H15Cl5F3N3O2. The van der Waals surface area contributed by atoms with Gasteiger partial charge in [0.05, 0.1) is 22.9 Å². The molecule has 3 rings (SSSR count). The molecule has 0 unspecified atom stereocenters. The highest BCUT2D eigenvalue weighted by Crippen LogP contribution is 2.65. The number of hydrogen-bond donors (Lipinski definition) is 1. The van der Waals surface area contributed by atoms with Crippen molar-refractivity contribution in [2.45, 2.75) is 22.8 Å². The summed E-state index contributed by atoms with van der Waals surface area (Å²) in [5.41, 5.74) is 0.709. The summed E-state index contributed by atoms with van der Waals surface area (Å²) in [6.07, 6.45) is -5.19. The Hall–Kier alpha value is -1.71. The minimum atomic E-state index is -4.45. The molecule has 2 atom stereocenters. The highest BCUT2D eigenvalue weighted by Gasteiger charge is 2.67. The van der Waals surface area contributed by atoms with Crippen molar-refractivity contribution in [3.63, 3.8) is 0 Å². The summed E-state index contributed by atoms with van der Waals surface area (Å²) < 4.78 is 35.4. The quantitative estimate of drug-likeness (QED) is 0.225. The van der Waals surface area contributed by atoms with Crippen molar-refractivity contribution in [2.24, 2.45) is 11.0 Å². The molecule has 0 radical (unpaired) electrons.